The first-order chi connectivity index (χ1) is 7.65. The number of halogens is 1. The highest BCUT2D eigenvalue weighted by Gasteiger charge is 2.08. The molecule has 1 aromatic carbocycles. The molecule has 1 unspecified atom stereocenters. The maximum Gasteiger partial charge on any atom is 0.0985 e. The largest absolute Gasteiger partial charge is 0.399 e. The van der Waals surface area contributed by atoms with Crippen LogP contribution in [0.5, 0.6) is 0 Å². The van der Waals surface area contributed by atoms with E-state index in [9.17, 15) is 5.11 Å². The first kappa shape index (κ1) is 11.4. The number of aromatic nitrogens is 2. The molecule has 0 saturated carbocycles. The van der Waals surface area contributed by atoms with Crippen LogP contribution >= 0.6 is 22.6 Å². The third-order valence-electron chi connectivity index (χ3n) is 2.28. The second-order valence-corrected chi connectivity index (χ2v) is 4.81. The zero-order valence-corrected chi connectivity index (χ0v) is 10.7. The van der Waals surface area contributed by atoms with Crippen LogP contribution in [0.4, 0.5) is 5.69 Å². The normalized spacial score (nSPS) is 12.6. The van der Waals surface area contributed by atoms with Gasteiger partial charge in [0.05, 0.1) is 22.4 Å². The van der Waals surface area contributed by atoms with Crippen molar-refractivity contribution in [1.29, 1.82) is 0 Å². The smallest absolute Gasteiger partial charge is 0.0985 e. The molecule has 4 nitrogen and oxygen atoms in total. The van der Waals surface area contributed by atoms with E-state index in [0.717, 1.165) is 9.13 Å². The molecule has 84 valence electrons. The van der Waals surface area contributed by atoms with E-state index >= 15 is 0 Å². The number of rotatable bonds is 3. The van der Waals surface area contributed by atoms with Crippen molar-refractivity contribution in [2.75, 3.05) is 5.73 Å². The van der Waals surface area contributed by atoms with Crippen molar-refractivity contribution < 1.29 is 5.11 Å². The van der Waals surface area contributed by atoms with Gasteiger partial charge in [-0.2, -0.15) is 5.10 Å². The van der Waals surface area contributed by atoms with E-state index in [-0.39, 0.29) is 0 Å². The number of benzene rings is 1. The molecular weight excluding hydrogens is 317 g/mol. The van der Waals surface area contributed by atoms with Crippen LogP contribution in [0.3, 0.4) is 0 Å². The fourth-order valence-corrected chi connectivity index (χ4v) is 1.89. The molecule has 1 atom stereocenters. The third kappa shape index (κ3) is 2.73. The minimum absolute atomic E-state index is 0.451. The number of hydrogen-bond donors (Lipinski definition) is 2. The number of anilines is 1. The Hall–Kier alpha value is -1.08. The number of aliphatic hydroxyl groups is 1. The SMILES string of the molecule is Nc1ccc(C(O)Cn2cc(I)cn2)cc1. The maximum atomic E-state index is 9.97. The average Bonchev–Trinajstić information content (AvgIpc) is 2.65. The second kappa shape index (κ2) is 4.84. The predicted octanol–water partition coefficient (Wildman–Crippen LogP) is 1.80. The van der Waals surface area contributed by atoms with E-state index in [1.54, 1.807) is 23.0 Å². The molecule has 0 spiro atoms. The van der Waals surface area contributed by atoms with Crippen molar-refractivity contribution in [2.45, 2.75) is 12.6 Å². The molecule has 0 fully saturated rings. The quantitative estimate of drug-likeness (QED) is 0.667. The highest BCUT2D eigenvalue weighted by molar-refractivity contribution is 14.1. The van der Waals surface area contributed by atoms with Crippen molar-refractivity contribution >= 4 is 28.3 Å². The van der Waals surface area contributed by atoms with Gasteiger partial charge in [0, 0.05) is 11.9 Å². The summed E-state index contributed by atoms with van der Waals surface area (Å²) in [5, 5.41) is 14.1. The zero-order valence-electron chi connectivity index (χ0n) is 8.55. The summed E-state index contributed by atoms with van der Waals surface area (Å²) >= 11 is 2.18. The van der Waals surface area contributed by atoms with E-state index in [1.165, 1.54) is 0 Å². The number of nitrogens with two attached hydrogens (primary N) is 1. The van der Waals surface area contributed by atoms with Crippen molar-refractivity contribution in [3.05, 3.63) is 45.8 Å². The van der Waals surface area contributed by atoms with Crippen LogP contribution in [-0.4, -0.2) is 14.9 Å². The Balaban J connectivity index is 2.08. The Morgan fingerprint density at radius 3 is 2.62 bits per heavy atom. The molecule has 16 heavy (non-hydrogen) atoms. The van der Waals surface area contributed by atoms with Crippen LogP contribution < -0.4 is 5.73 Å². The van der Waals surface area contributed by atoms with Crippen LogP contribution in [0.15, 0.2) is 36.7 Å². The molecule has 0 saturated heterocycles. The fourth-order valence-electron chi connectivity index (χ4n) is 1.44. The number of nitrogen functional groups attached to an aromatic ring is 1. The monoisotopic (exact) mass is 329 g/mol. The molecule has 2 aromatic rings. The first-order valence-corrected chi connectivity index (χ1v) is 5.94. The topological polar surface area (TPSA) is 64.1 Å². The molecule has 3 N–H and O–H groups in total. The van der Waals surface area contributed by atoms with Crippen LogP contribution in [0, 0.1) is 3.57 Å². The van der Waals surface area contributed by atoms with Gasteiger partial charge in [-0.15, -0.1) is 0 Å². The van der Waals surface area contributed by atoms with Crippen LogP contribution in [-0.2, 0) is 6.54 Å². The molecule has 0 aliphatic heterocycles. The summed E-state index contributed by atoms with van der Waals surface area (Å²) in [6.07, 6.45) is 3.09. The molecule has 2 rings (SSSR count). The summed E-state index contributed by atoms with van der Waals surface area (Å²) < 4.78 is 2.78. The van der Waals surface area contributed by atoms with Crippen LogP contribution in [0.25, 0.3) is 0 Å². The van der Waals surface area contributed by atoms with E-state index in [2.05, 4.69) is 27.7 Å². The fraction of sp³-hybridized carbons (Fsp3) is 0.182. The molecule has 0 amide bonds. The Labute approximate surface area is 107 Å². The van der Waals surface area contributed by atoms with Crippen LogP contribution in [0.2, 0.25) is 0 Å². The van der Waals surface area contributed by atoms with Gasteiger partial charge in [0.2, 0.25) is 0 Å². The summed E-state index contributed by atoms with van der Waals surface area (Å²) in [7, 11) is 0. The average molecular weight is 329 g/mol. The Bertz CT molecular complexity index is 466. The molecule has 1 heterocycles. The Morgan fingerprint density at radius 2 is 2.06 bits per heavy atom. The van der Waals surface area contributed by atoms with Gasteiger partial charge < -0.3 is 10.8 Å². The molecular formula is C11H12IN3O. The lowest BCUT2D eigenvalue weighted by molar-refractivity contribution is 0.151. The zero-order chi connectivity index (χ0) is 11.5. The lowest BCUT2D eigenvalue weighted by atomic mass is 10.1. The van der Waals surface area contributed by atoms with Gasteiger partial charge in [-0.25, -0.2) is 0 Å². The molecule has 5 heteroatoms. The number of aliphatic hydroxyl groups excluding tert-OH is 1. The first-order valence-electron chi connectivity index (χ1n) is 4.86. The molecule has 0 aliphatic carbocycles. The summed E-state index contributed by atoms with van der Waals surface area (Å²) in [6.45, 7) is 0.451. The van der Waals surface area contributed by atoms with Gasteiger partial charge in [0.1, 0.15) is 0 Å². The van der Waals surface area contributed by atoms with Crippen molar-refractivity contribution in [3.8, 4) is 0 Å². The van der Waals surface area contributed by atoms with Crippen molar-refractivity contribution in [2.24, 2.45) is 0 Å². The number of nitrogens with zero attached hydrogens (tertiary/aromatic N) is 2. The van der Waals surface area contributed by atoms with Crippen molar-refractivity contribution in [3.63, 3.8) is 0 Å². The highest BCUT2D eigenvalue weighted by atomic mass is 127. The van der Waals surface area contributed by atoms with E-state index in [4.69, 9.17) is 5.73 Å². The van der Waals surface area contributed by atoms with E-state index in [1.807, 2.05) is 18.3 Å². The molecule has 0 bridgehead atoms. The summed E-state index contributed by atoms with van der Waals surface area (Å²) in [4.78, 5) is 0. The lowest BCUT2D eigenvalue weighted by Crippen LogP contribution is -2.09. The van der Waals surface area contributed by atoms with Crippen LogP contribution in [0.1, 0.15) is 11.7 Å². The van der Waals surface area contributed by atoms with Crippen molar-refractivity contribution in [1.82, 2.24) is 9.78 Å². The van der Waals surface area contributed by atoms with Gasteiger partial charge in [-0.05, 0) is 40.3 Å². The van der Waals surface area contributed by atoms with E-state index in [0.29, 0.717) is 12.2 Å². The van der Waals surface area contributed by atoms with E-state index < -0.39 is 6.10 Å². The lowest BCUT2D eigenvalue weighted by Gasteiger charge is -2.11. The highest BCUT2D eigenvalue weighted by Crippen LogP contribution is 2.16. The summed E-state index contributed by atoms with van der Waals surface area (Å²) in [5.41, 5.74) is 7.13. The van der Waals surface area contributed by atoms with Gasteiger partial charge in [-0.3, -0.25) is 4.68 Å². The molecule has 1 aromatic heterocycles. The second-order valence-electron chi connectivity index (χ2n) is 3.56. The number of hydrogen-bond acceptors (Lipinski definition) is 3. The third-order valence-corrected chi connectivity index (χ3v) is 2.84. The Kier molecular flexibility index (Phi) is 3.45. The Morgan fingerprint density at radius 1 is 1.38 bits per heavy atom. The standard InChI is InChI=1S/C11H12IN3O/c12-9-5-14-15(6-9)7-11(16)8-1-3-10(13)4-2-8/h1-6,11,16H,7,13H2. The van der Waals surface area contributed by atoms with Gasteiger partial charge in [-0.1, -0.05) is 12.1 Å². The molecule has 0 aliphatic rings. The van der Waals surface area contributed by atoms with Gasteiger partial charge in [0.15, 0.2) is 0 Å². The van der Waals surface area contributed by atoms with Gasteiger partial charge in [0.25, 0.3) is 0 Å². The minimum Gasteiger partial charge on any atom is -0.399 e. The molecule has 0 radical (unpaired) electrons. The van der Waals surface area contributed by atoms with Gasteiger partial charge >= 0.3 is 0 Å². The summed E-state index contributed by atoms with van der Waals surface area (Å²) in [5.74, 6) is 0. The minimum atomic E-state index is -0.559. The maximum absolute atomic E-state index is 9.97. The predicted molar refractivity (Wildman–Crippen MR) is 70.8 cm³/mol. The summed E-state index contributed by atoms with van der Waals surface area (Å²) in [6, 6.07) is 7.22.